The molecule has 0 radical (unpaired) electrons. The summed E-state index contributed by atoms with van der Waals surface area (Å²) in [5.74, 6) is 0.459. The fourth-order valence-corrected chi connectivity index (χ4v) is 3.99. The summed E-state index contributed by atoms with van der Waals surface area (Å²) in [4.78, 5) is 37.9. The third kappa shape index (κ3) is 5.53. The van der Waals surface area contributed by atoms with Crippen molar-refractivity contribution in [3.05, 3.63) is 119 Å². The van der Waals surface area contributed by atoms with E-state index in [-0.39, 0.29) is 11.6 Å². The van der Waals surface area contributed by atoms with Gasteiger partial charge in [-0.1, -0.05) is 47.5 Å². The van der Waals surface area contributed by atoms with Crippen molar-refractivity contribution in [2.24, 2.45) is 0 Å². The van der Waals surface area contributed by atoms with Gasteiger partial charge in [0.15, 0.2) is 0 Å². The number of aromatic nitrogens is 5. The van der Waals surface area contributed by atoms with Crippen molar-refractivity contribution in [1.29, 1.82) is 0 Å². The number of hydrogen-bond donors (Lipinski definition) is 2. The second kappa shape index (κ2) is 10.1. The minimum absolute atomic E-state index is 0.129. The minimum atomic E-state index is -0.465. The number of hydrogen-bond acceptors (Lipinski definition) is 4. The molecule has 0 aliphatic carbocycles. The van der Waals surface area contributed by atoms with E-state index in [9.17, 15) is 14.4 Å². The van der Waals surface area contributed by atoms with Crippen LogP contribution in [-0.4, -0.2) is 24.3 Å². The molecule has 0 atom stereocenters. The Labute approximate surface area is 198 Å². The summed E-state index contributed by atoms with van der Waals surface area (Å²) in [6, 6.07) is 16.3. The molecule has 4 aromatic rings. The van der Waals surface area contributed by atoms with Gasteiger partial charge in [0.05, 0.1) is 0 Å². The highest BCUT2D eigenvalue weighted by molar-refractivity contribution is 6.30. The fourth-order valence-electron chi connectivity index (χ4n) is 3.73. The molecule has 0 aliphatic rings. The van der Waals surface area contributed by atoms with E-state index in [2.05, 4.69) is 15.2 Å². The van der Waals surface area contributed by atoms with Crippen molar-refractivity contribution in [2.45, 2.75) is 31.8 Å². The summed E-state index contributed by atoms with van der Waals surface area (Å²) in [5, 5.41) is 7.98. The fraction of sp³-hybridized carbons (Fsp3) is 0.217. The highest BCUT2D eigenvalue weighted by Gasteiger charge is 2.19. The molecule has 0 fully saturated rings. The monoisotopic (exact) mass is 485 g/mol. The van der Waals surface area contributed by atoms with E-state index in [0.29, 0.717) is 41.8 Å². The first-order valence-corrected chi connectivity index (χ1v) is 11.1. The molecular weight excluding hydrogens is 465 g/mol. The first-order chi connectivity index (χ1) is 15.9. The molecule has 0 saturated carbocycles. The second-order valence-corrected chi connectivity index (χ2v) is 8.49. The van der Waals surface area contributed by atoms with E-state index in [1.54, 1.807) is 4.57 Å². The van der Waals surface area contributed by atoms with Crippen LogP contribution < -0.4 is 16.9 Å². The van der Waals surface area contributed by atoms with Gasteiger partial charge in [-0.05, 0) is 41.8 Å². The number of halogens is 2. The van der Waals surface area contributed by atoms with Gasteiger partial charge in [0.1, 0.15) is 5.82 Å². The molecule has 2 N–H and O–H groups in total. The molecule has 0 bridgehead atoms. The number of rotatable bonds is 8. The van der Waals surface area contributed by atoms with Crippen LogP contribution in [0.4, 0.5) is 0 Å². The lowest BCUT2D eigenvalue weighted by Crippen LogP contribution is -2.29. The average molecular weight is 486 g/mol. The van der Waals surface area contributed by atoms with Crippen LogP contribution in [0.25, 0.3) is 0 Å². The summed E-state index contributed by atoms with van der Waals surface area (Å²) < 4.78 is 3.03. The molecule has 33 heavy (non-hydrogen) atoms. The maximum absolute atomic E-state index is 12.6. The molecule has 4 rings (SSSR count). The number of aryl methyl sites for hydroxylation is 2. The lowest BCUT2D eigenvalue weighted by Gasteiger charge is -2.19. The summed E-state index contributed by atoms with van der Waals surface area (Å²) in [5.41, 5.74) is 0.792. The van der Waals surface area contributed by atoms with Crippen molar-refractivity contribution in [3.8, 4) is 0 Å². The summed E-state index contributed by atoms with van der Waals surface area (Å²) >= 11 is 12.1. The zero-order chi connectivity index (χ0) is 23.4. The van der Waals surface area contributed by atoms with Crippen molar-refractivity contribution < 1.29 is 0 Å². The lowest BCUT2D eigenvalue weighted by molar-refractivity contribution is 0.548. The van der Waals surface area contributed by atoms with Gasteiger partial charge < -0.3 is 4.57 Å². The smallest absolute Gasteiger partial charge is 0.301 e. The highest BCUT2D eigenvalue weighted by Crippen LogP contribution is 2.28. The normalized spacial score (nSPS) is 11.2. The maximum atomic E-state index is 12.6. The van der Waals surface area contributed by atoms with E-state index in [4.69, 9.17) is 23.2 Å². The summed E-state index contributed by atoms with van der Waals surface area (Å²) in [7, 11) is 0. The molecule has 0 aliphatic heterocycles. The molecule has 2 aromatic carbocycles. The van der Waals surface area contributed by atoms with Crippen LogP contribution in [0.2, 0.25) is 10.0 Å². The molecule has 0 amide bonds. The van der Waals surface area contributed by atoms with E-state index in [1.807, 2.05) is 48.5 Å². The van der Waals surface area contributed by atoms with Crippen LogP contribution in [0, 0.1) is 0 Å². The van der Waals surface area contributed by atoms with Crippen LogP contribution in [-0.2, 0) is 19.5 Å². The van der Waals surface area contributed by atoms with Gasteiger partial charge in [-0.3, -0.25) is 14.3 Å². The molecule has 2 aromatic heterocycles. The van der Waals surface area contributed by atoms with Crippen molar-refractivity contribution in [2.75, 3.05) is 0 Å². The zero-order valence-corrected chi connectivity index (χ0v) is 19.0. The van der Waals surface area contributed by atoms with Gasteiger partial charge in [-0.25, -0.2) is 14.7 Å². The van der Waals surface area contributed by atoms with Crippen LogP contribution in [0.15, 0.2) is 75.2 Å². The van der Waals surface area contributed by atoms with Crippen LogP contribution in [0.5, 0.6) is 0 Å². The van der Waals surface area contributed by atoms with E-state index in [0.717, 1.165) is 11.1 Å². The summed E-state index contributed by atoms with van der Waals surface area (Å²) in [6.45, 7) is 0.751. The topological polar surface area (TPSA) is 106 Å². The number of nitrogens with zero attached hydrogens (tertiary/aromatic N) is 3. The number of benzene rings is 2. The molecule has 8 nitrogen and oxygen atoms in total. The number of nitrogens with one attached hydrogen (secondary N) is 2. The van der Waals surface area contributed by atoms with Gasteiger partial charge >= 0.3 is 11.4 Å². The molecule has 170 valence electrons. The predicted octanol–water partition coefficient (Wildman–Crippen LogP) is 3.19. The Morgan fingerprint density at radius 2 is 1.45 bits per heavy atom. The Balaban J connectivity index is 1.57. The van der Waals surface area contributed by atoms with E-state index < -0.39 is 11.2 Å². The third-order valence-electron chi connectivity index (χ3n) is 5.44. The molecule has 0 spiro atoms. The summed E-state index contributed by atoms with van der Waals surface area (Å²) in [6.07, 6.45) is 2.48. The van der Waals surface area contributed by atoms with Gasteiger partial charge in [0, 0.05) is 47.7 Å². The minimum Gasteiger partial charge on any atom is -0.301 e. The highest BCUT2D eigenvalue weighted by atomic mass is 35.5. The van der Waals surface area contributed by atoms with Crippen molar-refractivity contribution >= 4 is 23.2 Å². The van der Waals surface area contributed by atoms with Gasteiger partial charge in [-0.15, -0.1) is 0 Å². The first kappa shape index (κ1) is 22.8. The Morgan fingerprint density at radius 1 is 0.848 bits per heavy atom. The number of H-pyrrole nitrogens is 2. The standard InChI is InChI=1S/C23H21Cl2N5O3/c24-17-7-3-15(4-8-17)19(16-5-9-18(25)10-6-16)14-30-20(27-28-23(30)33)2-1-12-29-13-11-21(31)26-22(29)32/h3-11,13,19H,1-2,12,14H2,(H,28,33)(H,26,31,32). The van der Waals surface area contributed by atoms with Gasteiger partial charge in [-0.2, -0.15) is 5.10 Å². The molecule has 2 heterocycles. The third-order valence-corrected chi connectivity index (χ3v) is 5.95. The SMILES string of the molecule is O=c1ccn(CCCc2n[nH]c(=O)n2CC(c2ccc(Cl)cc2)c2ccc(Cl)cc2)c(=O)[nH]1. The van der Waals surface area contributed by atoms with E-state index >= 15 is 0 Å². The molecular formula is C23H21Cl2N5O3. The van der Waals surface area contributed by atoms with Crippen molar-refractivity contribution in [3.63, 3.8) is 0 Å². The Kier molecular flexibility index (Phi) is 6.96. The Bertz CT molecular complexity index is 1360. The lowest BCUT2D eigenvalue weighted by atomic mass is 9.91. The predicted molar refractivity (Wildman–Crippen MR) is 127 cm³/mol. The van der Waals surface area contributed by atoms with Crippen LogP contribution >= 0.6 is 23.2 Å². The van der Waals surface area contributed by atoms with Gasteiger partial charge in [0.25, 0.3) is 5.56 Å². The van der Waals surface area contributed by atoms with Crippen LogP contribution in [0.3, 0.4) is 0 Å². The Hall–Kier alpha value is -3.36. The van der Waals surface area contributed by atoms with Crippen molar-refractivity contribution in [1.82, 2.24) is 24.3 Å². The number of aromatic amines is 2. The first-order valence-electron chi connectivity index (χ1n) is 10.4. The molecule has 0 saturated heterocycles. The second-order valence-electron chi connectivity index (χ2n) is 7.62. The quantitative estimate of drug-likeness (QED) is 0.399. The average Bonchev–Trinajstić information content (AvgIpc) is 3.14. The Morgan fingerprint density at radius 3 is 2.03 bits per heavy atom. The zero-order valence-electron chi connectivity index (χ0n) is 17.5. The maximum Gasteiger partial charge on any atom is 0.343 e. The molecule has 10 heteroatoms. The molecule has 0 unspecified atom stereocenters. The van der Waals surface area contributed by atoms with Crippen LogP contribution in [0.1, 0.15) is 29.3 Å². The van der Waals surface area contributed by atoms with Gasteiger partial charge in [0.2, 0.25) is 0 Å². The largest absolute Gasteiger partial charge is 0.343 e. The van der Waals surface area contributed by atoms with E-state index in [1.165, 1.54) is 16.8 Å².